The number of ether oxygens (including phenoxy) is 2. The Kier molecular flexibility index (Phi) is 6.16. The molecule has 0 radical (unpaired) electrons. The molecule has 1 aromatic rings. The fourth-order valence-electron chi connectivity index (χ4n) is 2.53. The van der Waals surface area contributed by atoms with E-state index in [1.165, 1.54) is 30.7 Å². The molecule has 8 nitrogen and oxygen atoms in total. The van der Waals surface area contributed by atoms with E-state index in [4.69, 9.17) is 15.2 Å². The molecule has 1 aliphatic heterocycles. The van der Waals surface area contributed by atoms with Gasteiger partial charge in [-0.2, -0.15) is 4.31 Å². The molecule has 9 heteroatoms. The molecular formula is C15H23N3O5S. The van der Waals surface area contributed by atoms with Crippen LogP contribution in [-0.2, 0) is 19.6 Å². The number of carbonyl (C=O) groups excluding carboxylic acids is 1. The number of hydrogen-bond donors (Lipinski definition) is 1. The van der Waals surface area contributed by atoms with Crippen molar-refractivity contribution in [2.24, 2.45) is 5.73 Å². The normalized spacial score (nSPS) is 17.5. The van der Waals surface area contributed by atoms with E-state index in [0.717, 1.165) is 0 Å². The quantitative estimate of drug-likeness (QED) is 0.736. The fraction of sp³-hybridized carbons (Fsp3) is 0.533. The van der Waals surface area contributed by atoms with Crippen molar-refractivity contribution >= 4 is 15.9 Å². The summed E-state index contributed by atoms with van der Waals surface area (Å²) in [7, 11) is -0.582. The summed E-state index contributed by atoms with van der Waals surface area (Å²) in [5.74, 6) is 0.370. The first-order valence-electron chi connectivity index (χ1n) is 7.57. The minimum absolute atomic E-state index is 0.142. The lowest BCUT2D eigenvalue weighted by molar-refractivity contribution is -0.134. The number of nitrogens with two attached hydrogens (primary N) is 1. The Balaban J connectivity index is 2.01. The lowest BCUT2D eigenvalue weighted by atomic mass is 10.2. The molecule has 0 saturated carbocycles. The van der Waals surface area contributed by atoms with Gasteiger partial charge in [-0.15, -0.1) is 0 Å². The van der Waals surface area contributed by atoms with Crippen LogP contribution in [0.1, 0.15) is 0 Å². The summed E-state index contributed by atoms with van der Waals surface area (Å²) < 4.78 is 36.6. The molecular weight excluding hydrogens is 334 g/mol. The number of benzene rings is 1. The third-order valence-corrected chi connectivity index (χ3v) is 5.82. The van der Waals surface area contributed by atoms with Crippen LogP contribution in [0, 0.1) is 0 Å². The van der Waals surface area contributed by atoms with Gasteiger partial charge < -0.3 is 20.1 Å². The molecule has 134 valence electrons. The summed E-state index contributed by atoms with van der Waals surface area (Å²) in [4.78, 5) is 13.9. The molecule has 1 amide bonds. The second-order valence-electron chi connectivity index (χ2n) is 5.47. The Hall–Kier alpha value is -1.68. The highest BCUT2D eigenvalue weighted by Gasteiger charge is 2.31. The molecule has 1 aromatic carbocycles. The smallest absolute Gasteiger partial charge is 0.243 e. The first-order valence-corrected chi connectivity index (χ1v) is 9.01. The van der Waals surface area contributed by atoms with Gasteiger partial charge in [0.2, 0.25) is 15.9 Å². The van der Waals surface area contributed by atoms with Crippen LogP contribution < -0.4 is 10.5 Å². The van der Waals surface area contributed by atoms with Crippen LogP contribution in [0.4, 0.5) is 0 Å². The van der Waals surface area contributed by atoms with E-state index in [9.17, 15) is 13.2 Å². The summed E-state index contributed by atoms with van der Waals surface area (Å²) in [5, 5.41) is 0. The summed E-state index contributed by atoms with van der Waals surface area (Å²) in [6.45, 7) is 1.24. The number of rotatable bonds is 6. The van der Waals surface area contributed by atoms with Gasteiger partial charge in [-0.05, 0) is 24.3 Å². The Morgan fingerprint density at radius 3 is 2.25 bits per heavy atom. The third-order valence-electron chi connectivity index (χ3n) is 3.91. The summed E-state index contributed by atoms with van der Waals surface area (Å²) in [6, 6.07) is 5.52. The van der Waals surface area contributed by atoms with Crippen molar-refractivity contribution < 1.29 is 22.7 Å². The highest BCUT2D eigenvalue weighted by molar-refractivity contribution is 7.89. The SMILES string of the molecule is COCC(N)C(=O)N1CCN(S(=O)(=O)c2ccc(OC)cc2)CC1. The minimum Gasteiger partial charge on any atom is -0.497 e. The maximum Gasteiger partial charge on any atom is 0.243 e. The second-order valence-corrected chi connectivity index (χ2v) is 7.40. The number of sulfonamides is 1. The molecule has 0 spiro atoms. The van der Waals surface area contributed by atoms with Crippen molar-refractivity contribution in [1.29, 1.82) is 0 Å². The Labute approximate surface area is 142 Å². The van der Waals surface area contributed by atoms with Crippen molar-refractivity contribution in [1.82, 2.24) is 9.21 Å². The van der Waals surface area contributed by atoms with E-state index < -0.39 is 16.1 Å². The van der Waals surface area contributed by atoms with E-state index in [-0.39, 0.29) is 30.5 Å². The lowest BCUT2D eigenvalue weighted by Crippen LogP contribution is -2.55. The highest BCUT2D eigenvalue weighted by Crippen LogP contribution is 2.20. The van der Waals surface area contributed by atoms with E-state index in [0.29, 0.717) is 18.8 Å². The number of nitrogens with zero attached hydrogens (tertiary/aromatic N) is 2. The molecule has 1 fully saturated rings. The third kappa shape index (κ3) is 4.04. The van der Waals surface area contributed by atoms with Gasteiger partial charge in [0.1, 0.15) is 11.8 Å². The number of carbonyl (C=O) groups is 1. The second kappa shape index (κ2) is 7.93. The maximum atomic E-state index is 12.6. The Morgan fingerprint density at radius 2 is 1.75 bits per heavy atom. The van der Waals surface area contributed by atoms with E-state index in [1.54, 1.807) is 17.0 Å². The molecule has 2 rings (SSSR count). The maximum absolute atomic E-state index is 12.6. The van der Waals surface area contributed by atoms with Crippen molar-refractivity contribution in [3.05, 3.63) is 24.3 Å². The topological polar surface area (TPSA) is 102 Å². The average Bonchev–Trinajstić information content (AvgIpc) is 2.61. The van der Waals surface area contributed by atoms with Crippen LogP contribution in [-0.4, -0.2) is 76.6 Å². The fourth-order valence-corrected chi connectivity index (χ4v) is 3.95. The molecule has 0 aromatic heterocycles. The molecule has 1 heterocycles. The summed E-state index contributed by atoms with van der Waals surface area (Å²) >= 11 is 0. The van der Waals surface area contributed by atoms with Crippen LogP contribution in [0.3, 0.4) is 0 Å². The Morgan fingerprint density at radius 1 is 1.17 bits per heavy atom. The first-order chi connectivity index (χ1) is 11.4. The van der Waals surface area contributed by atoms with Gasteiger partial charge in [0.15, 0.2) is 0 Å². The molecule has 0 aliphatic carbocycles. The zero-order chi connectivity index (χ0) is 17.7. The van der Waals surface area contributed by atoms with Crippen LogP contribution in [0.15, 0.2) is 29.2 Å². The van der Waals surface area contributed by atoms with Gasteiger partial charge in [0, 0.05) is 33.3 Å². The van der Waals surface area contributed by atoms with E-state index >= 15 is 0 Å². The molecule has 1 unspecified atom stereocenters. The number of amides is 1. The van der Waals surface area contributed by atoms with Gasteiger partial charge in [-0.1, -0.05) is 0 Å². The monoisotopic (exact) mass is 357 g/mol. The van der Waals surface area contributed by atoms with Gasteiger partial charge >= 0.3 is 0 Å². The highest BCUT2D eigenvalue weighted by atomic mass is 32.2. The standard InChI is InChI=1S/C15H23N3O5S/c1-22-11-14(16)15(19)17-7-9-18(10-8-17)24(20,21)13-5-3-12(23-2)4-6-13/h3-6,14H,7-11,16H2,1-2H3. The predicted molar refractivity (Wildman–Crippen MR) is 88.2 cm³/mol. The van der Waals surface area contributed by atoms with Crippen molar-refractivity contribution in [2.45, 2.75) is 10.9 Å². The molecule has 24 heavy (non-hydrogen) atoms. The van der Waals surface area contributed by atoms with Crippen LogP contribution >= 0.6 is 0 Å². The van der Waals surface area contributed by atoms with Gasteiger partial charge in [0.05, 0.1) is 18.6 Å². The van der Waals surface area contributed by atoms with E-state index in [1.807, 2.05) is 0 Å². The number of hydrogen-bond acceptors (Lipinski definition) is 6. The van der Waals surface area contributed by atoms with Crippen LogP contribution in [0.2, 0.25) is 0 Å². The van der Waals surface area contributed by atoms with Crippen LogP contribution in [0.5, 0.6) is 5.75 Å². The first kappa shape index (κ1) is 18.7. The van der Waals surface area contributed by atoms with Crippen molar-refractivity contribution in [3.63, 3.8) is 0 Å². The Bertz CT molecular complexity index is 654. The predicted octanol–water partition coefficient (Wildman–Crippen LogP) is -0.498. The summed E-state index contributed by atoms with van der Waals surface area (Å²) in [6.07, 6.45) is 0. The lowest BCUT2D eigenvalue weighted by Gasteiger charge is -2.35. The van der Waals surface area contributed by atoms with E-state index in [2.05, 4.69) is 0 Å². The summed E-state index contributed by atoms with van der Waals surface area (Å²) in [5.41, 5.74) is 5.74. The van der Waals surface area contributed by atoms with Crippen molar-refractivity contribution in [3.8, 4) is 5.75 Å². The molecule has 0 bridgehead atoms. The number of methoxy groups -OCH3 is 2. The van der Waals surface area contributed by atoms with Crippen molar-refractivity contribution in [2.75, 3.05) is 47.0 Å². The number of piperazine rings is 1. The van der Waals surface area contributed by atoms with Gasteiger partial charge in [-0.25, -0.2) is 8.42 Å². The molecule has 2 N–H and O–H groups in total. The molecule has 1 atom stereocenters. The average molecular weight is 357 g/mol. The zero-order valence-corrected chi connectivity index (χ0v) is 14.7. The van der Waals surface area contributed by atoms with Crippen LogP contribution in [0.25, 0.3) is 0 Å². The largest absolute Gasteiger partial charge is 0.497 e. The minimum atomic E-state index is -3.58. The zero-order valence-electron chi connectivity index (χ0n) is 13.8. The van der Waals surface area contributed by atoms with Gasteiger partial charge in [-0.3, -0.25) is 4.79 Å². The van der Waals surface area contributed by atoms with Gasteiger partial charge in [0.25, 0.3) is 0 Å². The molecule has 1 aliphatic rings. The molecule has 1 saturated heterocycles.